The molecule has 3 nitrogen and oxygen atoms in total. The Hall–Kier alpha value is -1.77. The first kappa shape index (κ1) is 16.6. The van der Waals surface area contributed by atoms with Gasteiger partial charge >= 0.3 is 5.97 Å². The summed E-state index contributed by atoms with van der Waals surface area (Å²) in [5.74, 6) is 1.14. The molecule has 0 amide bonds. The standard InChI is InChI=1S/C19H26O3/c1-4-5-6-14(2)13-22-19(20)17-8-7-16-12-18(21-3)10-9-15(16)11-17/h9-12,14H,4-8,13H2,1-3H3. The lowest BCUT2D eigenvalue weighted by atomic mass is 9.92. The molecule has 0 fully saturated rings. The van der Waals surface area contributed by atoms with Gasteiger partial charge in [0.2, 0.25) is 0 Å². The van der Waals surface area contributed by atoms with Crippen LogP contribution in [0.5, 0.6) is 5.75 Å². The van der Waals surface area contributed by atoms with Crippen LogP contribution in [0.25, 0.3) is 6.08 Å². The molecule has 0 N–H and O–H groups in total. The van der Waals surface area contributed by atoms with Gasteiger partial charge in [0.25, 0.3) is 0 Å². The number of carbonyl (C=O) groups is 1. The van der Waals surface area contributed by atoms with Crippen LogP contribution in [0, 0.1) is 5.92 Å². The van der Waals surface area contributed by atoms with Gasteiger partial charge in [-0.25, -0.2) is 4.79 Å². The summed E-state index contributed by atoms with van der Waals surface area (Å²) in [6.07, 6.45) is 7.05. The zero-order chi connectivity index (χ0) is 15.9. The quantitative estimate of drug-likeness (QED) is 0.701. The van der Waals surface area contributed by atoms with E-state index in [1.807, 2.05) is 24.3 Å². The number of ether oxygens (including phenoxy) is 2. The zero-order valence-electron chi connectivity index (χ0n) is 13.9. The van der Waals surface area contributed by atoms with E-state index in [1.165, 1.54) is 18.4 Å². The monoisotopic (exact) mass is 302 g/mol. The van der Waals surface area contributed by atoms with Crippen LogP contribution in [0.4, 0.5) is 0 Å². The van der Waals surface area contributed by atoms with E-state index in [0.717, 1.165) is 36.1 Å². The zero-order valence-corrected chi connectivity index (χ0v) is 13.9. The molecule has 120 valence electrons. The van der Waals surface area contributed by atoms with Gasteiger partial charge in [-0.05, 0) is 54.5 Å². The maximum absolute atomic E-state index is 12.2. The minimum atomic E-state index is -0.162. The third-order valence-corrected chi connectivity index (χ3v) is 4.16. The molecule has 2 rings (SSSR count). The van der Waals surface area contributed by atoms with Gasteiger partial charge in [0.05, 0.1) is 13.7 Å². The molecular formula is C19H26O3. The minimum Gasteiger partial charge on any atom is -0.497 e. The van der Waals surface area contributed by atoms with Crippen LogP contribution in [-0.2, 0) is 16.0 Å². The molecule has 0 aliphatic heterocycles. The molecular weight excluding hydrogens is 276 g/mol. The molecule has 3 heteroatoms. The second-order valence-electron chi connectivity index (χ2n) is 6.08. The largest absolute Gasteiger partial charge is 0.497 e. The van der Waals surface area contributed by atoms with Crippen molar-refractivity contribution in [3.8, 4) is 5.75 Å². The summed E-state index contributed by atoms with van der Waals surface area (Å²) in [6, 6.07) is 5.97. The Balaban J connectivity index is 1.94. The van der Waals surface area contributed by atoms with Gasteiger partial charge in [-0.3, -0.25) is 0 Å². The highest BCUT2D eigenvalue weighted by atomic mass is 16.5. The number of rotatable bonds is 7. The molecule has 1 aromatic rings. The molecule has 1 aliphatic carbocycles. The van der Waals surface area contributed by atoms with E-state index in [9.17, 15) is 4.79 Å². The maximum Gasteiger partial charge on any atom is 0.334 e. The predicted octanol–water partition coefficient (Wildman–Crippen LogP) is 4.39. The van der Waals surface area contributed by atoms with Crippen LogP contribution in [0.3, 0.4) is 0 Å². The highest BCUT2D eigenvalue weighted by molar-refractivity contribution is 5.94. The molecule has 0 saturated heterocycles. The van der Waals surface area contributed by atoms with Gasteiger partial charge in [0.1, 0.15) is 5.75 Å². The number of hydrogen-bond donors (Lipinski definition) is 0. The van der Waals surface area contributed by atoms with E-state index in [4.69, 9.17) is 9.47 Å². The number of unbranched alkanes of at least 4 members (excludes halogenated alkanes) is 1. The van der Waals surface area contributed by atoms with Gasteiger partial charge in [0.15, 0.2) is 0 Å². The highest BCUT2D eigenvalue weighted by Crippen LogP contribution is 2.28. The molecule has 1 atom stereocenters. The van der Waals surface area contributed by atoms with Gasteiger partial charge in [-0.2, -0.15) is 0 Å². The Morgan fingerprint density at radius 2 is 2.14 bits per heavy atom. The Labute approximate surface area is 133 Å². The van der Waals surface area contributed by atoms with Crippen molar-refractivity contribution in [3.05, 3.63) is 34.9 Å². The lowest BCUT2D eigenvalue weighted by Crippen LogP contribution is -2.16. The van der Waals surface area contributed by atoms with Crippen LogP contribution in [-0.4, -0.2) is 19.7 Å². The fourth-order valence-corrected chi connectivity index (χ4v) is 2.70. The van der Waals surface area contributed by atoms with Gasteiger partial charge < -0.3 is 9.47 Å². The predicted molar refractivity (Wildman–Crippen MR) is 88.9 cm³/mol. The first-order valence-corrected chi connectivity index (χ1v) is 8.18. The van der Waals surface area contributed by atoms with E-state index in [0.29, 0.717) is 12.5 Å². The molecule has 0 spiro atoms. The smallest absolute Gasteiger partial charge is 0.334 e. The number of benzene rings is 1. The number of carbonyl (C=O) groups excluding carboxylic acids is 1. The van der Waals surface area contributed by atoms with Gasteiger partial charge in [-0.15, -0.1) is 0 Å². The third kappa shape index (κ3) is 4.36. The number of esters is 1. The number of hydrogen-bond acceptors (Lipinski definition) is 3. The molecule has 1 aromatic carbocycles. The van der Waals surface area contributed by atoms with Crippen molar-refractivity contribution in [2.75, 3.05) is 13.7 Å². The molecule has 0 heterocycles. The summed E-state index contributed by atoms with van der Waals surface area (Å²) in [5.41, 5.74) is 3.10. The average molecular weight is 302 g/mol. The van der Waals surface area contributed by atoms with E-state index in [1.54, 1.807) is 7.11 Å². The Morgan fingerprint density at radius 1 is 1.32 bits per heavy atom. The second-order valence-corrected chi connectivity index (χ2v) is 6.08. The van der Waals surface area contributed by atoms with E-state index in [-0.39, 0.29) is 5.97 Å². The van der Waals surface area contributed by atoms with Crippen LogP contribution in [0.1, 0.15) is 50.7 Å². The first-order chi connectivity index (χ1) is 10.6. The van der Waals surface area contributed by atoms with Crippen molar-refractivity contribution in [2.24, 2.45) is 5.92 Å². The van der Waals surface area contributed by atoms with Crippen molar-refractivity contribution >= 4 is 12.0 Å². The number of fused-ring (bicyclic) bond motifs is 1. The van der Waals surface area contributed by atoms with Crippen LogP contribution >= 0.6 is 0 Å². The number of aryl methyl sites for hydroxylation is 1. The first-order valence-electron chi connectivity index (χ1n) is 8.18. The fraction of sp³-hybridized carbons (Fsp3) is 0.526. The highest BCUT2D eigenvalue weighted by Gasteiger charge is 2.18. The van der Waals surface area contributed by atoms with E-state index >= 15 is 0 Å². The van der Waals surface area contributed by atoms with Crippen molar-refractivity contribution in [1.82, 2.24) is 0 Å². The number of methoxy groups -OCH3 is 1. The van der Waals surface area contributed by atoms with Crippen molar-refractivity contribution in [1.29, 1.82) is 0 Å². The maximum atomic E-state index is 12.2. The second kappa shape index (κ2) is 8.02. The average Bonchev–Trinajstić information content (AvgIpc) is 2.56. The van der Waals surface area contributed by atoms with Gasteiger partial charge in [0, 0.05) is 5.57 Å². The summed E-state index contributed by atoms with van der Waals surface area (Å²) in [5, 5.41) is 0. The van der Waals surface area contributed by atoms with E-state index < -0.39 is 0 Å². The summed E-state index contributed by atoms with van der Waals surface area (Å²) >= 11 is 0. The summed E-state index contributed by atoms with van der Waals surface area (Å²) in [4.78, 5) is 12.2. The lowest BCUT2D eigenvalue weighted by molar-refractivity contribution is -0.140. The molecule has 0 saturated carbocycles. The summed E-state index contributed by atoms with van der Waals surface area (Å²) < 4.78 is 10.7. The van der Waals surface area contributed by atoms with Crippen molar-refractivity contribution < 1.29 is 14.3 Å². The SMILES string of the molecule is CCCCC(C)COC(=O)C1=Cc2ccc(OC)cc2CC1. The molecule has 1 unspecified atom stereocenters. The van der Waals surface area contributed by atoms with Crippen molar-refractivity contribution in [2.45, 2.75) is 46.0 Å². The molecule has 1 aliphatic rings. The Bertz CT molecular complexity index is 546. The van der Waals surface area contributed by atoms with Crippen LogP contribution in [0.15, 0.2) is 23.8 Å². The van der Waals surface area contributed by atoms with Gasteiger partial charge in [-0.1, -0.05) is 32.8 Å². The minimum absolute atomic E-state index is 0.162. The van der Waals surface area contributed by atoms with Crippen LogP contribution < -0.4 is 4.74 Å². The molecule has 0 radical (unpaired) electrons. The third-order valence-electron chi connectivity index (χ3n) is 4.16. The van der Waals surface area contributed by atoms with Crippen molar-refractivity contribution in [3.63, 3.8) is 0 Å². The normalized spacial score (nSPS) is 14.8. The fourth-order valence-electron chi connectivity index (χ4n) is 2.70. The topological polar surface area (TPSA) is 35.5 Å². The summed E-state index contributed by atoms with van der Waals surface area (Å²) in [6.45, 7) is 4.84. The molecule has 22 heavy (non-hydrogen) atoms. The Morgan fingerprint density at radius 3 is 2.86 bits per heavy atom. The van der Waals surface area contributed by atoms with Crippen LogP contribution in [0.2, 0.25) is 0 Å². The Kier molecular flexibility index (Phi) is 6.05. The molecule has 0 aromatic heterocycles. The van der Waals surface area contributed by atoms with E-state index in [2.05, 4.69) is 13.8 Å². The lowest BCUT2D eigenvalue weighted by Gasteiger charge is -2.17. The summed E-state index contributed by atoms with van der Waals surface area (Å²) in [7, 11) is 1.67. The molecule has 0 bridgehead atoms.